The van der Waals surface area contributed by atoms with Crippen LogP contribution in [-0.2, 0) is 80.4 Å². The van der Waals surface area contributed by atoms with E-state index in [4.69, 9.17) is 11.6 Å². The zero-order valence-corrected chi connectivity index (χ0v) is 68.5. The van der Waals surface area contributed by atoms with Gasteiger partial charge in [0.1, 0.15) is 40.3 Å². The SMILES string of the molecule is CC(=O)Nc1cc(C(=O)Nc2cc(C(=O)NCCC(=O)NC(CCNC(=O)c3cc(NC(=O)c4nc(NC(=O)c5nc(NC(=O)CCNC(=O)c6nc(NC(C)=O)cn6C)cn5C)cn4C)cn3C)C(=O)Nc3cn(C)c(C(=O)Nc4cc(C(=O)Nc5ccc6[nH]c(C(=O)N7CC(CCl)c8c7cc(O)c7ccccc87)cc6c5)n(C)c4)n3)n(C)c2)n(C)c1. The van der Waals surface area contributed by atoms with Crippen LogP contribution in [0.4, 0.5) is 57.4 Å². The summed E-state index contributed by atoms with van der Waals surface area (Å²) in [7, 11) is 12.4. The molecule has 123 heavy (non-hydrogen) atoms. The lowest BCUT2D eigenvalue weighted by Crippen LogP contribution is -2.46. The summed E-state index contributed by atoms with van der Waals surface area (Å²) in [5.74, 6) is -8.72. The molecule has 42 nitrogen and oxygen atoms in total. The van der Waals surface area contributed by atoms with E-state index < -0.39 is 71.0 Å². The van der Waals surface area contributed by atoms with Gasteiger partial charge in [-0.1, -0.05) is 24.3 Å². The number of imidazole rings is 4. The quantitative estimate of drug-likeness (QED) is 0.0254. The van der Waals surface area contributed by atoms with Gasteiger partial charge in [0.25, 0.3) is 53.2 Å². The van der Waals surface area contributed by atoms with E-state index in [0.717, 1.165) is 10.9 Å². The average Bonchev–Trinajstić information content (AvgIpc) is 1.60. The molecule has 2 atom stereocenters. The number of aromatic nitrogens is 13. The van der Waals surface area contributed by atoms with Gasteiger partial charge in [-0.05, 0) is 65.9 Å². The number of nitrogens with zero attached hydrogens (tertiary/aromatic N) is 13. The number of aromatic hydroxyl groups is 1. The van der Waals surface area contributed by atoms with Crippen molar-refractivity contribution in [2.24, 2.45) is 56.4 Å². The van der Waals surface area contributed by atoms with Gasteiger partial charge in [-0.3, -0.25) is 67.1 Å². The molecule has 0 aliphatic carbocycles. The van der Waals surface area contributed by atoms with Crippen molar-refractivity contribution in [3.05, 3.63) is 186 Å². The van der Waals surface area contributed by atoms with Crippen LogP contribution in [-0.4, -0.2) is 187 Å². The summed E-state index contributed by atoms with van der Waals surface area (Å²) in [5.41, 5.74) is 4.24. The number of fused-ring (bicyclic) bond motifs is 4. The van der Waals surface area contributed by atoms with Gasteiger partial charge < -0.3 is 121 Å². The maximum absolute atomic E-state index is 14.4. The van der Waals surface area contributed by atoms with Crippen molar-refractivity contribution < 1.29 is 72.2 Å². The fourth-order valence-corrected chi connectivity index (χ4v) is 14.3. The van der Waals surface area contributed by atoms with Gasteiger partial charge in [0.2, 0.25) is 52.8 Å². The first kappa shape index (κ1) is 85.0. The lowest BCUT2D eigenvalue weighted by molar-refractivity contribution is -0.126. The molecule has 0 radical (unpaired) electrons. The number of phenols is 1. The van der Waals surface area contributed by atoms with E-state index in [9.17, 15) is 72.2 Å². The first-order valence-corrected chi connectivity index (χ1v) is 38.6. The van der Waals surface area contributed by atoms with Crippen molar-refractivity contribution in [2.75, 3.05) is 84.8 Å². The molecule has 12 aromatic rings. The van der Waals surface area contributed by atoms with Crippen LogP contribution < -0.4 is 74.0 Å². The third-order valence-electron chi connectivity index (χ3n) is 19.8. The summed E-state index contributed by atoms with van der Waals surface area (Å²) < 4.78 is 11.3. The molecule has 2 unspecified atom stereocenters. The average molecular weight is 1700 g/mol. The van der Waals surface area contributed by atoms with Crippen molar-refractivity contribution in [3.63, 3.8) is 0 Å². The number of phenolic OH excluding ortho intramolecular Hbond substituents is 1. The summed E-state index contributed by atoms with van der Waals surface area (Å²) in [6.07, 6.45) is 10.8. The number of alkyl halides is 1. The standard InChI is InChI=1S/C80H84ClN27O15/c1-40(109)85-45-25-57(102(5)32-45)75(118)88-46-26-55(100(3)33-46)73(116)83-21-18-64(112)92-52(17-20-82-72(115)56-27-47(34-101(56)4)89-78(121)69-97-63(39-107(69)10)99-79(122)70-95-61(37-105(70)8)93-65(113)19-22-84-76(119)67-94-60(36-104(67)7)86-41(2)110)71(114)98-62-38-106(9)68(96-62)77(120)90-48-28-58(103(6)35-48)74(117)87-44-15-16-51-42(23-44)24-53(91-51)80(123)108-31-43(30-81)66-50-14-12-11-13-49(50)59(111)29-54(66)108/h11-16,23-29,32-39,43,52,91,111H,17-22,30-31H2,1-10H3,(H,82,115)(H,83,116)(H,84,119)(H,85,109)(H,86,110)(H,87,117)(H,88,118)(H,89,121)(H,90,120)(H,92,112)(H,93,113)(H,98,114)(H,99,122). The molecule has 13 rings (SSSR count). The molecule has 636 valence electrons. The Balaban J connectivity index is 0.622. The Morgan fingerprint density at radius 1 is 0.439 bits per heavy atom. The minimum atomic E-state index is -1.41. The van der Waals surface area contributed by atoms with Gasteiger partial charge in [0, 0.05) is 199 Å². The molecule has 0 fully saturated rings. The van der Waals surface area contributed by atoms with Gasteiger partial charge in [-0.2, -0.15) is 0 Å². The highest BCUT2D eigenvalue weighted by Crippen LogP contribution is 2.46. The highest BCUT2D eigenvalue weighted by molar-refractivity contribution is 6.20. The Hall–Kier alpha value is -15.9. The zero-order valence-electron chi connectivity index (χ0n) is 67.8. The van der Waals surface area contributed by atoms with E-state index in [1.807, 2.05) is 24.3 Å². The van der Waals surface area contributed by atoms with E-state index in [-0.39, 0.29) is 166 Å². The van der Waals surface area contributed by atoms with E-state index in [1.165, 1.54) is 146 Å². The highest BCUT2D eigenvalue weighted by Gasteiger charge is 2.36. The molecule has 1 aliphatic heterocycles. The number of aromatic amines is 1. The molecule has 43 heteroatoms. The number of anilines is 10. The molecular weight excluding hydrogens is 1610 g/mol. The Morgan fingerprint density at radius 3 is 1.39 bits per heavy atom. The van der Waals surface area contributed by atoms with Crippen molar-refractivity contribution in [1.82, 2.24) is 82.7 Å². The van der Waals surface area contributed by atoms with Crippen LogP contribution in [0, 0.1) is 0 Å². The molecule has 15 N–H and O–H groups in total. The number of halogens is 1. The second-order valence-corrected chi connectivity index (χ2v) is 29.4. The highest BCUT2D eigenvalue weighted by atomic mass is 35.5. The molecule has 0 saturated carbocycles. The Morgan fingerprint density at radius 2 is 0.870 bits per heavy atom. The maximum atomic E-state index is 14.4. The second-order valence-electron chi connectivity index (χ2n) is 29.1. The predicted octanol–water partition coefficient (Wildman–Crippen LogP) is 5.30. The van der Waals surface area contributed by atoms with Gasteiger partial charge in [-0.15, -0.1) is 11.6 Å². The minimum Gasteiger partial charge on any atom is -0.507 e. The van der Waals surface area contributed by atoms with Crippen molar-refractivity contribution in [1.29, 1.82) is 0 Å². The number of carbonyl (C=O) groups is 14. The fraction of sp³-hybridized carbons (Fsp3) is 0.250. The van der Waals surface area contributed by atoms with Crippen LogP contribution in [0.2, 0.25) is 0 Å². The van der Waals surface area contributed by atoms with Gasteiger partial charge >= 0.3 is 0 Å². The molecule has 0 spiro atoms. The van der Waals surface area contributed by atoms with Crippen LogP contribution in [0.5, 0.6) is 5.75 Å². The molecule has 0 bridgehead atoms. The summed E-state index contributed by atoms with van der Waals surface area (Å²) in [5, 5.41) is 47.6. The molecule has 0 saturated heterocycles. The van der Waals surface area contributed by atoms with Crippen molar-refractivity contribution in [3.8, 4) is 5.75 Å². The minimum absolute atomic E-state index is 0.000799. The lowest BCUT2D eigenvalue weighted by atomic mass is 9.95. The summed E-state index contributed by atoms with van der Waals surface area (Å²) in [4.78, 5) is 208. The van der Waals surface area contributed by atoms with E-state index in [0.29, 0.717) is 39.9 Å². The topological polar surface area (TPSA) is 526 Å². The number of H-pyrrole nitrogens is 1. The molecule has 14 amide bonds. The van der Waals surface area contributed by atoms with E-state index in [1.54, 1.807) is 69.6 Å². The molecule has 3 aromatic carbocycles. The number of hydrogen-bond donors (Lipinski definition) is 15. The van der Waals surface area contributed by atoms with Gasteiger partial charge in [-0.25, -0.2) is 19.9 Å². The van der Waals surface area contributed by atoms with E-state index >= 15 is 0 Å². The van der Waals surface area contributed by atoms with Crippen LogP contribution in [0.25, 0.3) is 21.7 Å². The van der Waals surface area contributed by atoms with Crippen molar-refractivity contribution >= 4 is 173 Å². The van der Waals surface area contributed by atoms with Crippen molar-refractivity contribution in [2.45, 2.75) is 45.1 Å². The van der Waals surface area contributed by atoms with E-state index in [2.05, 4.69) is 94.0 Å². The van der Waals surface area contributed by atoms with Crippen LogP contribution in [0.1, 0.15) is 140 Å². The molecule has 1 aliphatic rings. The van der Waals surface area contributed by atoms with Crippen LogP contribution in [0.15, 0.2) is 128 Å². The Labute approximate surface area is 702 Å². The Kier molecular flexibility index (Phi) is 24.7. The van der Waals surface area contributed by atoms with Crippen LogP contribution >= 0.6 is 11.6 Å². The van der Waals surface area contributed by atoms with Gasteiger partial charge in [0.15, 0.2) is 23.3 Å². The number of benzene rings is 3. The number of rotatable bonds is 30. The molecule has 10 heterocycles. The number of aryl methyl sites for hydroxylation is 8. The molecule has 9 aromatic heterocycles. The summed E-state index contributed by atoms with van der Waals surface area (Å²) in [6, 6.07) is 20.0. The number of amides is 14. The predicted molar refractivity (Wildman–Crippen MR) is 452 cm³/mol. The fourth-order valence-electron chi connectivity index (χ4n) is 14.0. The number of nitrogens with one attached hydrogen (secondary N) is 14. The molecular formula is C80H84ClN27O15. The largest absolute Gasteiger partial charge is 0.507 e. The number of carbonyl (C=O) groups excluding carboxylic acids is 14. The lowest BCUT2D eigenvalue weighted by Gasteiger charge is -2.18. The maximum Gasteiger partial charge on any atom is 0.292 e. The summed E-state index contributed by atoms with van der Waals surface area (Å²) >= 11 is 6.45. The van der Waals surface area contributed by atoms with Gasteiger partial charge in [0.05, 0.1) is 28.4 Å². The third kappa shape index (κ3) is 19.3. The Bertz CT molecular complexity index is 6320. The smallest absolute Gasteiger partial charge is 0.292 e. The summed E-state index contributed by atoms with van der Waals surface area (Å²) in [6.45, 7) is 2.35. The number of hydrogen-bond acceptors (Lipinski definition) is 19. The first-order chi connectivity index (χ1) is 58.6. The third-order valence-corrected chi connectivity index (χ3v) is 20.1. The monoisotopic (exact) mass is 1700 g/mol. The normalized spacial score (nSPS) is 12.4. The zero-order chi connectivity index (χ0) is 88.1. The first-order valence-electron chi connectivity index (χ1n) is 38.0. The van der Waals surface area contributed by atoms with Crippen LogP contribution in [0.3, 0.4) is 0 Å². The second kappa shape index (κ2) is 35.7.